The van der Waals surface area contributed by atoms with Crippen molar-refractivity contribution in [3.8, 4) is 5.75 Å². The van der Waals surface area contributed by atoms with Crippen LogP contribution in [0.3, 0.4) is 0 Å². The number of benzene rings is 1. The van der Waals surface area contributed by atoms with Crippen LogP contribution in [0.25, 0.3) is 0 Å². The van der Waals surface area contributed by atoms with Crippen LogP contribution >= 0.6 is 11.3 Å². The Labute approximate surface area is 125 Å². The number of thiazole rings is 1. The second-order valence-electron chi connectivity index (χ2n) is 4.85. The molecule has 0 saturated carbocycles. The second-order valence-corrected chi connectivity index (χ2v) is 6.04. The minimum atomic E-state index is 0.677. The number of hydrogen-bond donors (Lipinski definition) is 1. The number of ether oxygens (including phenoxy) is 1. The zero-order chi connectivity index (χ0) is 14.4. The molecule has 0 spiro atoms. The number of aromatic nitrogens is 1. The molecule has 0 aliphatic rings. The van der Waals surface area contributed by atoms with Crippen LogP contribution in [0.5, 0.6) is 5.75 Å². The summed E-state index contributed by atoms with van der Waals surface area (Å²) in [5, 5.41) is 4.45. The molecule has 108 valence electrons. The highest BCUT2D eigenvalue weighted by atomic mass is 32.1. The lowest BCUT2D eigenvalue weighted by Crippen LogP contribution is -2.10. The molecular formula is C16H22N2OS. The monoisotopic (exact) mass is 290 g/mol. The van der Waals surface area contributed by atoms with E-state index in [1.54, 1.807) is 11.3 Å². The summed E-state index contributed by atoms with van der Waals surface area (Å²) < 4.78 is 5.79. The molecule has 0 bridgehead atoms. The Bertz CT molecular complexity index is 551. The lowest BCUT2D eigenvalue weighted by molar-refractivity contribution is 0.321. The van der Waals surface area contributed by atoms with Crippen molar-refractivity contribution in [2.75, 3.05) is 13.2 Å². The number of nitrogens with one attached hydrogen (secondary N) is 1. The van der Waals surface area contributed by atoms with E-state index in [0.29, 0.717) is 6.61 Å². The van der Waals surface area contributed by atoms with E-state index in [0.717, 1.165) is 30.3 Å². The van der Waals surface area contributed by atoms with Gasteiger partial charge in [-0.05, 0) is 43.7 Å². The van der Waals surface area contributed by atoms with Gasteiger partial charge in [-0.25, -0.2) is 4.98 Å². The van der Waals surface area contributed by atoms with Crippen LogP contribution in [-0.4, -0.2) is 18.1 Å². The van der Waals surface area contributed by atoms with E-state index in [9.17, 15) is 0 Å². The molecule has 1 aromatic carbocycles. The van der Waals surface area contributed by atoms with Crippen LogP contribution < -0.4 is 10.1 Å². The average molecular weight is 290 g/mol. The molecular weight excluding hydrogens is 268 g/mol. The van der Waals surface area contributed by atoms with Crippen molar-refractivity contribution >= 4 is 11.3 Å². The van der Waals surface area contributed by atoms with Crippen LogP contribution in [0.1, 0.15) is 27.9 Å². The Kier molecular flexibility index (Phi) is 5.56. The van der Waals surface area contributed by atoms with Gasteiger partial charge < -0.3 is 10.1 Å². The summed E-state index contributed by atoms with van der Waals surface area (Å²) in [7, 11) is 0. The molecule has 1 heterocycles. The van der Waals surface area contributed by atoms with E-state index in [2.05, 4.69) is 43.2 Å². The van der Waals surface area contributed by atoms with Gasteiger partial charge in [-0.1, -0.05) is 13.0 Å². The standard InChI is InChI=1S/C16H22N2OS/c1-4-17-10-15-11-18-16(20-15)7-8-19-14-6-5-12(2)13(3)9-14/h5-6,9,11,17H,4,7-8,10H2,1-3H3. The van der Waals surface area contributed by atoms with E-state index in [-0.39, 0.29) is 0 Å². The first-order valence-electron chi connectivity index (χ1n) is 7.03. The average Bonchev–Trinajstić information content (AvgIpc) is 2.88. The Hall–Kier alpha value is -1.39. The Morgan fingerprint density at radius 1 is 1.25 bits per heavy atom. The van der Waals surface area contributed by atoms with Gasteiger partial charge in [0.25, 0.3) is 0 Å². The van der Waals surface area contributed by atoms with E-state index in [1.807, 2.05) is 12.3 Å². The first kappa shape index (κ1) is 15.0. The summed E-state index contributed by atoms with van der Waals surface area (Å²) >= 11 is 1.76. The quantitative estimate of drug-likeness (QED) is 0.847. The fourth-order valence-corrected chi connectivity index (χ4v) is 2.73. The third kappa shape index (κ3) is 4.32. The molecule has 0 amide bonds. The molecule has 4 heteroatoms. The first-order chi connectivity index (χ1) is 9.69. The van der Waals surface area contributed by atoms with Crippen molar-refractivity contribution in [2.24, 2.45) is 0 Å². The lowest BCUT2D eigenvalue weighted by atomic mass is 10.1. The summed E-state index contributed by atoms with van der Waals surface area (Å²) in [6.07, 6.45) is 2.82. The minimum Gasteiger partial charge on any atom is -0.493 e. The van der Waals surface area contributed by atoms with Crippen LogP contribution in [-0.2, 0) is 13.0 Å². The maximum absolute atomic E-state index is 5.79. The fourth-order valence-electron chi connectivity index (χ4n) is 1.85. The van der Waals surface area contributed by atoms with Crippen LogP contribution in [0.4, 0.5) is 0 Å². The van der Waals surface area contributed by atoms with E-state index < -0.39 is 0 Å². The minimum absolute atomic E-state index is 0.677. The van der Waals surface area contributed by atoms with Gasteiger partial charge >= 0.3 is 0 Å². The Morgan fingerprint density at radius 2 is 2.10 bits per heavy atom. The van der Waals surface area contributed by atoms with Crippen molar-refractivity contribution in [2.45, 2.75) is 33.7 Å². The van der Waals surface area contributed by atoms with Crippen LogP contribution in [0.2, 0.25) is 0 Å². The van der Waals surface area contributed by atoms with E-state index in [4.69, 9.17) is 4.74 Å². The summed E-state index contributed by atoms with van der Waals surface area (Å²) in [5.41, 5.74) is 2.56. The van der Waals surface area contributed by atoms with Crippen molar-refractivity contribution < 1.29 is 4.74 Å². The molecule has 1 N–H and O–H groups in total. The summed E-state index contributed by atoms with van der Waals surface area (Å²) in [5.74, 6) is 0.942. The predicted octanol–water partition coefficient (Wildman–Crippen LogP) is 3.49. The number of rotatable bonds is 7. The van der Waals surface area contributed by atoms with Gasteiger partial charge in [0.15, 0.2) is 0 Å². The molecule has 20 heavy (non-hydrogen) atoms. The lowest BCUT2D eigenvalue weighted by Gasteiger charge is -2.07. The van der Waals surface area contributed by atoms with Gasteiger partial charge in [0, 0.05) is 24.0 Å². The maximum Gasteiger partial charge on any atom is 0.119 e. The molecule has 2 rings (SSSR count). The van der Waals surface area contributed by atoms with E-state index in [1.165, 1.54) is 16.0 Å². The summed E-state index contributed by atoms with van der Waals surface area (Å²) in [4.78, 5) is 5.72. The largest absolute Gasteiger partial charge is 0.493 e. The molecule has 0 radical (unpaired) electrons. The molecule has 1 aromatic heterocycles. The number of nitrogens with zero attached hydrogens (tertiary/aromatic N) is 1. The number of hydrogen-bond acceptors (Lipinski definition) is 4. The molecule has 0 saturated heterocycles. The molecule has 0 atom stereocenters. The molecule has 3 nitrogen and oxygen atoms in total. The zero-order valence-corrected chi connectivity index (χ0v) is 13.2. The third-order valence-electron chi connectivity index (χ3n) is 3.21. The Balaban J connectivity index is 1.80. The Morgan fingerprint density at radius 3 is 2.85 bits per heavy atom. The highest BCUT2D eigenvalue weighted by Crippen LogP contribution is 2.18. The van der Waals surface area contributed by atoms with Gasteiger partial charge in [0.05, 0.1) is 11.6 Å². The molecule has 2 aromatic rings. The highest BCUT2D eigenvalue weighted by molar-refractivity contribution is 7.11. The molecule has 0 unspecified atom stereocenters. The highest BCUT2D eigenvalue weighted by Gasteiger charge is 2.03. The normalized spacial score (nSPS) is 10.8. The van der Waals surface area contributed by atoms with Crippen molar-refractivity contribution in [1.82, 2.24) is 10.3 Å². The van der Waals surface area contributed by atoms with Gasteiger partial charge in [-0.2, -0.15) is 0 Å². The molecule has 0 aliphatic carbocycles. The molecule has 0 fully saturated rings. The van der Waals surface area contributed by atoms with Gasteiger partial charge in [0.1, 0.15) is 5.75 Å². The SMILES string of the molecule is CCNCc1cnc(CCOc2ccc(C)c(C)c2)s1. The van der Waals surface area contributed by atoms with Crippen molar-refractivity contribution in [3.05, 3.63) is 45.4 Å². The fraction of sp³-hybridized carbons (Fsp3) is 0.438. The third-order valence-corrected chi connectivity index (χ3v) is 4.27. The van der Waals surface area contributed by atoms with Crippen LogP contribution in [0, 0.1) is 13.8 Å². The topological polar surface area (TPSA) is 34.2 Å². The molecule has 0 aliphatic heterocycles. The smallest absolute Gasteiger partial charge is 0.119 e. The summed E-state index contributed by atoms with van der Waals surface area (Å²) in [6.45, 7) is 8.90. The van der Waals surface area contributed by atoms with Crippen molar-refractivity contribution in [1.29, 1.82) is 0 Å². The van der Waals surface area contributed by atoms with E-state index >= 15 is 0 Å². The van der Waals surface area contributed by atoms with Gasteiger partial charge in [-0.15, -0.1) is 11.3 Å². The number of aryl methyl sites for hydroxylation is 2. The van der Waals surface area contributed by atoms with Crippen LogP contribution in [0.15, 0.2) is 24.4 Å². The van der Waals surface area contributed by atoms with Gasteiger partial charge in [0.2, 0.25) is 0 Å². The van der Waals surface area contributed by atoms with Gasteiger partial charge in [-0.3, -0.25) is 0 Å². The summed E-state index contributed by atoms with van der Waals surface area (Å²) in [6, 6.07) is 6.22. The predicted molar refractivity (Wildman–Crippen MR) is 84.6 cm³/mol. The zero-order valence-electron chi connectivity index (χ0n) is 12.4. The first-order valence-corrected chi connectivity index (χ1v) is 7.85. The second kappa shape index (κ2) is 7.41. The van der Waals surface area contributed by atoms with Crippen molar-refractivity contribution in [3.63, 3.8) is 0 Å². The maximum atomic E-state index is 5.79.